The number of benzene rings is 6. The number of imidazole rings is 1. The molecule has 6 aromatic carbocycles. The Morgan fingerprint density at radius 1 is 0.579 bits per heavy atom. The van der Waals surface area contributed by atoms with E-state index in [1.165, 1.54) is 54.9 Å². The van der Waals surface area contributed by atoms with E-state index in [0.717, 1.165) is 22.4 Å². The lowest BCUT2D eigenvalue weighted by molar-refractivity contribution is 0.651. The van der Waals surface area contributed by atoms with Gasteiger partial charge in [0.25, 0.3) is 0 Å². The topological polar surface area (TPSA) is 28.7 Å². The van der Waals surface area contributed by atoms with E-state index >= 15 is 0 Å². The standard InChI is InChI=1S/C36H26N2/c1-36(2)29-15-6-5-10-24(29)25-13-9-14-28-32(26-11-3-4-12-27(26)34(36)33(25)28)22-18-20-23(21-19-22)35-37-30-16-7-8-17-31(30)38-35/h3-21H,1-2H3,(H,37,38). The van der Waals surface area contributed by atoms with Crippen LogP contribution >= 0.6 is 0 Å². The van der Waals surface area contributed by atoms with Gasteiger partial charge in [-0.1, -0.05) is 117 Å². The van der Waals surface area contributed by atoms with Crippen LogP contribution in [-0.4, -0.2) is 9.97 Å². The minimum Gasteiger partial charge on any atom is -0.338 e. The molecule has 7 aromatic rings. The fourth-order valence-corrected chi connectivity index (χ4v) is 6.70. The maximum atomic E-state index is 4.81. The van der Waals surface area contributed by atoms with Crippen molar-refractivity contribution in [3.63, 3.8) is 0 Å². The Morgan fingerprint density at radius 2 is 1.24 bits per heavy atom. The van der Waals surface area contributed by atoms with E-state index in [2.05, 4.69) is 116 Å². The van der Waals surface area contributed by atoms with E-state index in [-0.39, 0.29) is 5.41 Å². The molecule has 0 aliphatic heterocycles. The molecule has 1 N–H and O–H groups in total. The summed E-state index contributed by atoms with van der Waals surface area (Å²) >= 11 is 0. The van der Waals surface area contributed by atoms with Crippen molar-refractivity contribution in [3.8, 4) is 33.6 Å². The van der Waals surface area contributed by atoms with Gasteiger partial charge in [0.2, 0.25) is 0 Å². The van der Waals surface area contributed by atoms with Crippen molar-refractivity contribution in [3.05, 3.63) is 126 Å². The van der Waals surface area contributed by atoms with E-state index in [1.807, 2.05) is 18.2 Å². The molecule has 38 heavy (non-hydrogen) atoms. The number of aromatic amines is 1. The summed E-state index contributed by atoms with van der Waals surface area (Å²) in [7, 11) is 0. The molecule has 0 radical (unpaired) electrons. The van der Waals surface area contributed by atoms with Crippen LogP contribution in [0.4, 0.5) is 0 Å². The summed E-state index contributed by atoms with van der Waals surface area (Å²) in [5.74, 6) is 0.901. The number of aromatic nitrogens is 2. The Kier molecular flexibility index (Phi) is 4.31. The number of hydrogen-bond donors (Lipinski definition) is 1. The molecule has 0 bridgehead atoms. The molecule has 8 rings (SSSR count). The highest BCUT2D eigenvalue weighted by Gasteiger charge is 2.35. The summed E-state index contributed by atoms with van der Waals surface area (Å²) in [6.07, 6.45) is 0. The minimum absolute atomic E-state index is 0.105. The number of fused-ring (bicyclic) bond motifs is 5. The third kappa shape index (κ3) is 2.86. The Labute approximate surface area is 221 Å². The second-order valence-electron chi connectivity index (χ2n) is 10.9. The Bertz CT molecular complexity index is 2010. The predicted molar refractivity (Wildman–Crippen MR) is 160 cm³/mol. The molecular formula is C36H26N2. The molecule has 1 aliphatic rings. The lowest BCUT2D eigenvalue weighted by Crippen LogP contribution is -2.24. The van der Waals surface area contributed by atoms with Crippen molar-refractivity contribution in [2.24, 2.45) is 0 Å². The average molecular weight is 487 g/mol. The maximum Gasteiger partial charge on any atom is 0.138 e. The predicted octanol–water partition coefficient (Wildman–Crippen LogP) is 9.51. The number of H-pyrrole nitrogens is 1. The Balaban J connectivity index is 1.41. The lowest BCUT2D eigenvalue weighted by Gasteiger charge is -2.37. The van der Waals surface area contributed by atoms with Gasteiger partial charge in [0.1, 0.15) is 5.82 Å². The molecule has 0 unspecified atom stereocenters. The molecule has 180 valence electrons. The zero-order chi connectivity index (χ0) is 25.4. The van der Waals surface area contributed by atoms with Crippen LogP contribution in [0.3, 0.4) is 0 Å². The summed E-state index contributed by atoms with van der Waals surface area (Å²) in [5.41, 5.74) is 11.1. The number of para-hydroxylation sites is 2. The zero-order valence-corrected chi connectivity index (χ0v) is 21.4. The number of nitrogens with one attached hydrogen (secondary N) is 1. The molecule has 0 amide bonds. The number of rotatable bonds is 2. The van der Waals surface area contributed by atoms with Gasteiger partial charge < -0.3 is 4.98 Å². The SMILES string of the molecule is CC1(C)c2ccccc2-c2cccc3c(-c4ccc(-c5nc6ccccc6[nH]5)cc4)c4ccccc4c1c23. The van der Waals surface area contributed by atoms with Crippen LogP contribution in [0, 0.1) is 0 Å². The summed E-state index contributed by atoms with van der Waals surface area (Å²) in [6, 6.07) is 41.8. The summed E-state index contributed by atoms with van der Waals surface area (Å²) in [6.45, 7) is 4.76. The molecule has 2 heteroatoms. The molecule has 1 aromatic heterocycles. The first-order chi connectivity index (χ1) is 18.6. The van der Waals surface area contributed by atoms with Crippen LogP contribution in [-0.2, 0) is 5.41 Å². The van der Waals surface area contributed by atoms with Gasteiger partial charge in [0, 0.05) is 11.0 Å². The fourth-order valence-electron chi connectivity index (χ4n) is 6.70. The van der Waals surface area contributed by atoms with Crippen LogP contribution in [0.2, 0.25) is 0 Å². The van der Waals surface area contributed by atoms with Crippen molar-refractivity contribution in [1.29, 1.82) is 0 Å². The molecule has 2 nitrogen and oxygen atoms in total. The van der Waals surface area contributed by atoms with Crippen LogP contribution in [0.5, 0.6) is 0 Å². The molecular weight excluding hydrogens is 460 g/mol. The van der Waals surface area contributed by atoms with Crippen molar-refractivity contribution < 1.29 is 0 Å². The van der Waals surface area contributed by atoms with Gasteiger partial charge in [0.05, 0.1) is 11.0 Å². The van der Waals surface area contributed by atoms with Gasteiger partial charge in [-0.25, -0.2) is 4.98 Å². The van der Waals surface area contributed by atoms with Gasteiger partial charge in [0.15, 0.2) is 0 Å². The molecule has 0 saturated heterocycles. The average Bonchev–Trinajstić information content (AvgIpc) is 3.40. The highest BCUT2D eigenvalue weighted by atomic mass is 14.9. The van der Waals surface area contributed by atoms with Gasteiger partial charge in [-0.3, -0.25) is 0 Å². The molecule has 0 saturated carbocycles. The Morgan fingerprint density at radius 3 is 2.08 bits per heavy atom. The first-order valence-electron chi connectivity index (χ1n) is 13.2. The lowest BCUT2D eigenvalue weighted by atomic mass is 9.66. The fraction of sp³-hybridized carbons (Fsp3) is 0.0833. The third-order valence-corrected chi connectivity index (χ3v) is 8.40. The first kappa shape index (κ1) is 21.4. The van der Waals surface area contributed by atoms with E-state index in [9.17, 15) is 0 Å². The van der Waals surface area contributed by atoms with Crippen LogP contribution in [0.25, 0.3) is 66.2 Å². The van der Waals surface area contributed by atoms with Gasteiger partial charge >= 0.3 is 0 Å². The van der Waals surface area contributed by atoms with Gasteiger partial charge in [-0.05, 0) is 67.1 Å². The number of hydrogen-bond acceptors (Lipinski definition) is 1. The number of nitrogens with zero attached hydrogens (tertiary/aromatic N) is 1. The van der Waals surface area contributed by atoms with Crippen LogP contribution in [0.1, 0.15) is 25.0 Å². The van der Waals surface area contributed by atoms with Crippen LogP contribution in [0.15, 0.2) is 115 Å². The largest absolute Gasteiger partial charge is 0.338 e. The third-order valence-electron chi connectivity index (χ3n) is 8.40. The first-order valence-corrected chi connectivity index (χ1v) is 13.2. The minimum atomic E-state index is -0.105. The van der Waals surface area contributed by atoms with Crippen LogP contribution < -0.4 is 0 Å². The molecule has 0 spiro atoms. The molecule has 1 aliphatic carbocycles. The second kappa shape index (κ2) is 7.66. The van der Waals surface area contributed by atoms with E-state index in [0.29, 0.717) is 0 Å². The normalized spacial score (nSPS) is 13.7. The summed E-state index contributed by atoms with van der Waals surface area (Å²) in [4.78, 5) is 8.28. The quantitative estimate of drug-likeness (QED) is 0.242. The molecule has 1 heterocycles. The maximum absolute atomic E-state index is 4.81. The van der Waals surface area contributed by atoms with Crippen molar-refractivity contribution in [2.45, 2.75) is 19.3 Å². The highest BCUT2D eigenvalue weighted by Crippen LogP contribution is 2.53. The Hall–Kier alpha value is -4.69. The summed E-state index contributed by atoms with van der Waals surface area (Å²) < 4.78 is 0. The van der Waals surface area contributed by atoms with Crippen molar-refractivity contribution in [1.82, 2.24) is 9.97 Å². The molecule has 0 fully saturated rings. The van der Waals surface area contributed by atoms with E-state index in [1.54, 1.807) is 0 Å². The second-order valence-corrected chi connectivity index (χ2v) is 10.9. The molecule has 0 atom stereocenters. The van der Waals surface area contributed by atoms with E-state index in [4.69, 9.17) is 4.98 Å². The van der Waals surface area contributed by atoms with E-state index < -0.39 is 0 Å². The smallest absolute Gasteiger partial charge is 0.138 e. The highest BCUT2D eigenvalue weighted by molar-refractivity contribution is 6.20. The monoisotopic (exact) mass is 486 g/mol. The zero-order valence-electron chi connectivity index (χ0n) is 21.4. The summed E-state index contributed by atoms with van der Waals surface area (Å²) in [5, 5.41) is 5.33. The van der Waals surface area contributed by atoms with Gasteiger partial charge in [-0.15, -0.1) is 0 Å². The van der Waals surface area contributed by atoms with Crippen molar-refractivity contribution in [2.75, 3.05) is 0 Å². The van der Waals surface area contributed by atoms with Crippen molar-refractivity contribution >= 4 is 32.6 Å². The van der Waals surface area contributed by atoms with Gasteiger partial charge in [-0.2, -0.15) is 0 Å².